The van der Waals surface area contributed by atoms with Gasteiger partial charge in [0, 0.05) is 40.2 Å². The molecule has 110 valence electrons. The van der Waals surface area contributed by atoms with Gasteiger partial charge in [0.2, 0.25) is 11.8 Å². The van der Waals surface area contributed by atoms with E-state index in [-0.39, 0.29) is 48.4 Å². The molecule has 3 N–H and O–H groups in total. The van der Waals surface area contributed by atoms with Gasteiger partial charge >= 0.3 is 0 Å². The molecule has 1 aliphatic heterocycles. The number of piperidine rings is 1. The van der Waals surface area contributed by atoms with Crippen LogP contribution < -0.4 is 16.0 Å². The number of likely N-dealkylation sites (N-methyl/N-ethyl adjacent to an activating group) is 1. The van der Waals surface area contributed by atoms with Gasteiger partial charge in [-0.3, -0.25) is 14.6 Å². The van der Waals surface area contributed by atoms with Crippen LogP contribution in [0.3, 0.4) is 0 Å². The molecular formula is C11H22IN5O2. The number of guanidine groups is 1. The highest BCUT2D eigenvalue weighted by Crippen LogP contribution is 2.02. The normalized spacial score (nSPS) is 19.0. The summed E-state index contributed by atoms with van der Waals surface area (Å²) in [5.74, 6) is 0.639. The highest BCUT2D eigenvalue weighted by Gasteiger charge is 2.18. The third kappa shape index (κ3) is 6.60. The number of carbonyl (C=O) groups is 2. The number of nitrogens with zero attached hydrogens (tertiary/aromatic N) is 2. The summed E-state index contributed by atoms with van der Waals surface area (Å²) in [7, 11) is 5.06. The fourth-order valence-electron chi connectivity index (χ4n) is 1.56. The summed E-state index contributed by atoms with van der Waals surface area (Å²) >= 11 is 0. The lowest BCUT2D eigenvalue weighted by Gasteiger charge is -2.25. The second-order valence-corrected chi connectivity index (χ2v) is 4.40. The summed E-state index contributed by atoms with van der Waals surface area (Å²) in [4.78, 5) is 28.0. The van der Waals surface area contributed by atoms with Crippen molar-refractivity contribution in [3.8, 4) is 0 Å². The van der Waals surface area contributed by atoms with Gasteiger partial charge in [-0.15, -0.1) is 24.0 Å². The Hall–Kier alpha value is -1.06. The van der Waals surface area contributed by atoms with Crippen LogP contribution in [0.15, 0.2) is 4.99 Å². The predicted octanol–water partition coefficient (Wildman–Crippen LogP) is -0.864. The lowest BCUT2D eigenvalue weighted by Crippen LogP contribution is -2.52. The van der Waals surface area contributed by atoms with Crippen LogP contribution in [0.5, 0.6) is 0 Å². The van der Waals surface area contributed by atoms with Crippen molar-refractivity contribution in [2.75, 3.05) is 34.2 Å². The molecule has 0 aromatic carbocycles. The van der Waals surface area contributed by atoms with Crippen LogP contribution in [-0.4, -0.2) is 62.9 Å². The maximum absolute atomic E-state index is 11.4. The zero-order valence-electron chi connectivity index (χ0n) is 11.5. The Morgan fingerprint density at radius 1 is 1.53 bits per heavy atom. The van der Waals surface area contributed by atoms with Crippen LogP contribution in [0, 0.1) is 0 Å². The van der Waals surface area contributed by atoms with Crippen molar-refractivity contribution in [1.29, 1.82) is 0 Å². The van der Waals surface area contributed by atoms with E-state index in [9.17, 15) is 9.59 Å². The molecule has 1 saturated heterocycles. The maximum Gasteiger partial charge on any atom is 0.241 e. The van der Waals surface area contributed by atoms with Gasteiger partial charge in [0.05, 0.1) is 6.54 Å². The number of hydrogen-bond donors (Lipinski definition) is 3. The van der Waals surface area contributed by atoms with E-state index in [4.69, 9.17) is 0 Å². The van der Waals surface area contributed by atoms with Crippen molar-refractivity contribution >= 4 is 41.8 Å². The smallest absolute Gasteiger partial charge is 0.241 e. The first kappa shape index (κ1) is 17.9. The molecule has 0 radical (unpaired) electrons. The van der Waals surface area contributed by atoms with Gasteiger partial charge in [-0.2, -0.15) is 0 Å². The quantitative estimate of drug-likeness (QED) is 0.336. The molecule has 1 fully saturated rings. The molecular weight excluding hydrogens is 361 g/mol. The van der Waals surface area contributed by atoms with Gasteiger partial charge < -0.3 is 20.9 Å². The molecule has 0 aliphatic carbocycles. The monoisotopic (exact) mass is 383 g/mol. The molecule has 1 aliphatic rings. The van der Waals surface area contributed by atoms with Gasteiger partial charge in [-0.1, -0.05) is 0 Å². The Morgan fingerprint density at radius 2 is 2.21 bits per heavy atom. The standard InChI is InChI=1S/C11H21N5O2.HI/c1-12-11(14-7-10(18)16(2)3)15-8-4-5-9(17)13-6-8;/h8H,4-7H2,1-3H3,(H,13,17)(H2,12,14,15);1H. The Labute approximate surface area is 130 Å². The number of amides is 2. The van der Waals surface area contributed by atoms with E-state index >= 15 is 0 Å². The second-order valence-electron chi connectivity index (χ2n) is 4.40. The lowest BCUT2D eigenvalue weighted by molar-refractivity contribution is -0.127. The average Bonchev–Trinajstić information content (AvgIpc) is 2.36. The highest BCUT2D eigenvalue weighted by molar-refractivity contribution is 14.0. The Bertz CT molecular complexity index is 336. The van der Waals surface area contributed by atoms with Gasteiger partial charge in [-0.25, -0.2) is 0 Å². The summed E-state index contributed by atoms with van der Waals surface area (Å²) in [5.41, 5.74) is 0. The van der Waals surface area contributed by atoms with Gasteiger partial charge in [0.1, 0.15) is 0 Å². The fraction of sp³-hybridized carbons (Fsp3) is 0.727. The Morgan fingerprint density at radius 3 is 2.68 bits per heavy atom. The van der Waals surface area contributed by atoms with Gasteiger partial charge in [0.25, 0.3) is 0 Å². The third-order valence-corrected chi connectivity index (χ3v) is 2.74. The minimum atomic E-state index is -0.0186. The number of hydrogen-bond acceptors (Lipinski definition) is 3. The summed E-state index contributed by atoms with van der Waals surface area (Å²) in [6.45, 7) is 0.785. The fourth-order valence-corrected chi connectivity index (χ4v) is 1.56. The molecule has 7 nitrogen and oxygen atoms in total. The van der Waals surface area contributed by atoms with Crippen molar-refractivity contribution < 1.29 is 9.59 Å². The molecule has 0 spiro atoms. The first-order valence-corrected chi connectivity index (χ1v) is 5.97. The summed E-state index contributed by atoms with van der Waals surface area (Å²) in [6.07, 6.45) is 1.29. The van der Waals surface area contributed by atoms with Crippen LogP contribution in [0.2, 0.25) is 0 Å². The molecule has 0 aromatic heterocycles. The van der Waals surface area contributed by atoms with Crippen molar-refractivity contribution in [2.45, 2.75) is 18.9 Å². The summed E-state index contributed by atoms with van der Waals surface area (Å²) in [5, 5.41) is 8.90. The number of nitrogens with one attached hydrogen (secondary N) is 3. The zero-order chi connectivity index (χ0) is 13.5. The number of rotatable bonds is 3. The van der Waals surface area contributed by atoms with Crippen LogP contribution in [0.1, 0.15) is 12.8 Å². The van der Waals surface area contributed by atoms with E-state index < -0.39 is 0 Å². The van der Waals surface area contributed by atoms with Crippen molar-refractivity contribution in [3.63, 3.8) is 0 Å². The number of halogens is 1. The van der Waals surface area contributed by atoms with E-state index in [2.05, 4.69) is 20.9 Å². The topological polar surface area (TPSA) is 85.8 Å². The van der Waals surface area contributed by atoms with Gasteiger partial charge in [-0.05, 0) is 6.42 Å². The number of carbonyl (C=O) groups excluding carboxylic acids is 2. The van der Waals surface area contributed by atoms with Crippen molar-refractivity contribution in [1.82, 2.24) is 20.9 Å². The average molecular weight is 383 g/mol. The van der Waals surface area contributed by atoms with E-state index in [1.54, 1.807) is 21.1 Å². The van der Waals surface area contributed by atoms with E-state index in [0.717, 1.165) is 6.42 Å². The molecule has 0 aromatic rings. The second kappa shape index (κ2) is 8.94. The highest BCUT2D eigenvalue weighted by atomic mass is 127. The number of aliphatic imine (C=N–C) groups is 1. The minimum absolute atomic E-state index is 0. The first-order chi connectivity index (χ1) is 8.52. The Balaban J connectivity index is 0.00000324. The van der Waals surface area contributed by atoms with E-state index in [0.29, 0.717) is 18.9 Å². The molecule has 1 atom stereocenters. The maximum atomic E-state index is 11.4. The third-order valence-electron chi connectivity index (χ3n) is 2.74. The van der Waals surface area contributed by atoms with E-state index in [1.165, 1.54) is 4.90 Å². The Kier molecular flexibility index (Phi) is 8.44. The SMILES string of the molecule is CN=C(NCC(=O)N(C)C)NC1CCC(=O)NC1.I. The molecule has 1 heterocycles. The largest absolute Gasteiger partial charge is 0.354 e. The molecule has 1 unspecified atom stereocenters. The molecule has 8 heteroatoms. The van der Waals surface area contributed by atoms with Crippen LogP contribution >= 0.6 is 24.0 Å². The minimum Gasteiger partial charge on any atom is -0.354 e. The van der Waals surface area contributed by atoms with Crippen molar-refractivity contribution in [3.05, 3.63) is 0 Å². The summed E-state index contributed by atoms with van der Waals surface area (Å²) in [6, 6.07) is 0.156. The predicted molar refractivity (Wildman–Crippen MR) is 84.6 cm³/mol. The molecule has 0 bridgehead atoms. The first-order valence-electron chi connectivity index (χ1n) is 5.97. The van der Waals surface area contributed by atoms with Crippen LogP contribution in [0.4, 0.5) is 0 Å². The molecule has 2 amide bonds. The molecule has 1 rings (SSSR count). The van der Waals surface area contributed by atoms with Crippen molar-refractivity contribution in [2.24, 2.45) is 4.99 Å². The lowest BCUT2D eigenvalue weighted by atomic mass is 10.1. The zero-order valence-corrected chi connectivity index (χ0v) is 13.9. The molecule has 0 saturated carbocycles. The van der Waals surface area contributed by atoms with Crippen LogP contribution in [0.25, 0.3) is 0 Å². The van der Waals surface area contributed by atoms with Crippen LogP contribution in [-0.2, 0) is 9.59 Å². The van der Waals surface area contributed by atoms with E-state index in [1.807, 2.05) is 0 Å². The van der Waals surface area contributed by atoms with Gasteiger partial charge in [0.15, 0.2) is 5.96 Å². The summed E-state index contributed by atoms with van der Waals surface area (Å²) < 4.78 is 0. The molecule has 19 heavy (non-hydrogen) atoms.